The fourth-order valence-electron chi connectivity index (χ4n) is 4.76. The minimum absolute atomic E-state index is 0.127. The van der Waals surface area contributed by atoms with Crippen LogP contribution in [0.4, 0.5) is 0 Å². The molecule has 1 aliphatic carbocycles. The Labute approximate surface area is 211 Å². The van der Waals surface area contributed by atoms with E-state index in [0.29, 0.717) is 18.0 Å². The summed E-state index contributed by atoms with van der Waals surface area (Å²) in [6, 6.07) is 30.9. The Hall–Kier alpha value is -3.93. The van der Waals surface area contributed by atoms with E-state index in [1.807, 2.05) is 54.6 Å². The number of carboxylic acid groups (broad SMARTS) is 1. The molecule has 4 aromatic carbocycles. The van der Waals surface area contributed by atoms with Gasteiger partial charge in [0.15, 0.2) is 0 Å². The zero-order valence-electron chi connectivity index (χ0n) is 19.9. The molecule has 3 N–H and O–H groups in total. The largest absolute Gasteiger partial charge is 0.478 e. The molecule has 5 heteroatoms. The normalized spacial score (nSPS) is 15.6. The number of aromatic carboxylic acids is 1. The second kappa shape index (κ2) is 10.8. The number of aryl methyl sites for hydroxylation is 1. The van der Waals surface area contributed by atoms with Crippen molar-refractivity contribution in [2.24, 2.45) is 0 Å². The van der Waals surface area contributed by atoms with Crippen molar-refractivity contribution >= 4 is 5.97 Å². The van der Waals surface area contributed by atoms with Gasteiger partial charge in [-0.05, 0) is 71.3 Å². The summed E-state index contributed by atoms with van der Waals surface area (Å²) in [7, 11) is 0. The highest BCUT2D eigenvalue weighted by Gasteiger charge is 2.21. The van der Waals surface area contributed by atoms with Crippen LogP contribution in [0.3, 0.4) is 0 Å². The summed E-state index contributed by atoms with van der Waals surface area (Å²) >= 11 is 0. The fourth-order valence-corrected chi connectivity index (χ4v) is 4.76. The first-order valence-corrected chi connectivity index (χ1v) is 12.3. The summed E-state index contributed by atoms with van der Waals surface area (Å²) in [5.41, 5.74) is 5.59. The lowest BCUT2D eigenvalue weighted by atomic mass is 9.86. The molecule has 0 unspecified atom stereocenters. The van der Waals surface area contributed by atoms with Crippen LogP contribution in [0.5, 0.6) is 11.5 Å². The van der Waals surface area contributed by atoms with Crippen molar-refractivity contribution in [3.8, 4) is 22.6 Å². The van der Waals surface area contributed by atoms with E-state index in [0.717, 1.165) is 36.0 Å². The molecule has 0 radical (unpaired) electrons. The summed E-state index contributed by atoms with van der Waals surface area (Å²) < 4.78 is 5.94. The van der Waals surface area contributed by atoms with Gasteiger partial charge in [0.05, 0.1) is 6.10 Å². The summed E-state index contributed by atoms with van der Waals surface area (Å²) in [6.45, 7) is 0.514. The fraction of sp³-hybridized carbons (Fsp3) is 0.194. The van der Waals surface area contributed by atoms with Crippen LogP contribution in [0.2, 0.25) is 0 Å². The first-order valence-electron chi connectivity index (χ1n) is 12.3. The van der Waals surface area contributed by atoms with Gasteiger partial charge in [-0.2, -0.15) is 0 Å². The number of aliphatic hydroxyl groups is 1. The van der Waals surface area contributed by atoms with E-state index in [9.17, 15) is 15.0 Å². The maximum absolute atomic E-state index is 11.8. The first-order chi connectivity index (χ1) is 17.6. The van der Waals surface area contributed by atoms with Gasteiger partial charge >= 0.3 is 5.97 Å². The number of para-hydroxylation sites is 1. The summed E-state index contributed by atoms with van der Waals surface area (Å²) in [6.07, 6.45) is 2.35. The molecule has 5 nitrogen and oxygen atoms in total. The van der Waals surface area contributed by atoms with E-state index in [4.69, 9.17) is 4.74 Å². The Bertz CT molecular complexity index is 1340. The molecule has 0 saturated heterocycles. The van der Waals surface area contributed by atoms with Gasteiger partial charge in [-0.15, -0.1) is 0 Å². The monoisotopic (exact) mass is 479 g/mol. The molecule has 36 heavy (non-hydrogen) atoms. The number of rotatable bonds is 8. The number of hydrogen-bond donors (Lipinski definition) is 3. The van der Waals surface area contributed by atoms with E-state index >= 15 is 0 Å². The van der Waals surface area contributed by atoms with Gasteiger partial charge in [0.25, 0.3) is 0 Å². The lowest BCUT2D eigenvalue weighted by molar-refractivity contribution is 0.0694. The molecular formula is C31H29NO4. The van der Waals surface area contributed by atoms with Crippen molar-refractivity contribution in [3.63, 3.8) is 0 Å². The van der Waals surface area contributed by atoms with Crippen LogP contribution in [-0.4, -0.2) is 28.8 Å². The Morgan fingerprint density at radius 2 is 1.58 bits per heavy atom. The third-order valence-corrected chi connectivity index (χ3v) is 6.74. The highest BCUT2D eigenvalue weighted by Crippen LogP contribution is 2.33. The number of carboxylic acids is 1. The Morgan fingerprint density at radius 3 is 2.33 bits per heavy atom. The van der Waals surface area contributed by atoms with Crippen LogP contribution in [0.15, 0.2) is 97.1 Å². The van der Waals surface area contributed by atoms with E-state index < -0.39 is 12.1 Å². The van der Waals surface area contributed by atoms with Gasteiger partial charge in [-0.1, -0.05) is 72.8 Å². The zero-order valence-corrected chi connectivity index (χ0v) is 19.9. The smallest absolute Gasteiger partial charge is 0.339 e. The second-order valence-corrected chi connectivity index (χ2v) is 9.19. The molecule has 0 heterocycles. The molecule has 0 bridgehead atoms. The van der Waals surface area contributed by atoms with Crippen molar-refractivity contribution in [3.05, 3.63) is 119 Å². The van der Waals surface area contributed by atoms with E-state index in [1.54, 1.807) is 24.3 Å². The van der Waals surface area contributed by atoms with E-state index in [1.165, 1.54) is 11.1 Å². The minimum Gasteiger partial charge on any atom is -0.478 e. The molecule has 4 aromatic rings. The van der Waals surface area contributed by atoms with Gasteiger partial charge in [0, 0.05) is 12.6 Å². The predicted octanol–water partition coefficient (Wildman–Crippen LogP) is 6.02. The average Bonchev–Trinajstić information content (AvgIpc) is 2.92. The molecule has 5 rings (SSSR count). The molecule has 2 atom stereocenters. The Kier molecular flexibility index (Phi) is 7.12. The predicted molar refractivity (Wildman–Crippen MR) is 141 cm³/mol. The number of carbonyl (C=O) groups is 1. The quantitative estimate of drug-likeness (QED) is 0.288. The molecule has 0 amide bonds. The number of ether oxygens (including phenoxy) is 1. The lowest BCUT2D eigenvalue weighted by Crippen LogP contribution is -2.37. The van der Waals surface area contributed by atoms with Gasteiger partial charge in [0.1, 0.15) is 17.1 Å². The number of benzene rings is 4. The van der Waals surface area contributed by atoms with Gasteiger partial charge in [-0.25, -0.2) is 4.79 Å². The first kappa shape index (κ1) is 23.8. The molecule has 0 saturated carbocycles. The summed E-state index contributed by atoms with van der Waals surface area (Å²) in [4.78, 5) is 11.8. The molecule has 182 valence electrons. The topological polar surface area (TPSA) is 78.8 Å². The number of fused-ring (bicyclic) bond motifs is 1. The van der Waals surface area contributed by atoms with Crippen molar-refractivity contribution in [1.29, 1.82) is 0 Å². The van der Waals surface area contributed by atoms with Crippen molar-refractivity contribution in [2.45, 2.75) is 31.4 Å². The highest BCUT2D eigenvalue weighted by molar-refractivity contribution is 5.92. The van der Waals surface area contributed by atoms with Gasteiger partial charge < -0.3 is 20.3 Å². The summed E-state index contributed by atoms with van der Waals surface area (Å²) in [5.74, 6) is -0.114. The second-order valence-electron chi connectivity index (χ2n) is 9.19. The molecular weight excluding hydrogens is 450 g/mol. The average molecular weight is 480 g/mol. The van der Waals surface area contributed by atoms with Crippen LogP contribution in [0.25, 0.3) is 11.1 Å². The van der Waals surface area contributed by atoms with E-state index in [2.05, 4.69) is 23.5 Å². The van der Waals surface area contributed by atoms with Gasteiger partial charge in [0.2, 0.25) is 0 Å². The van der Waals surface area contributed by atoms with Crippen molar-refractivity contribution in [2.75, 3.05) is 6.54 Å². The molecule has 1 aliphatic rings. The van der Waals surface area contributed by atoms with Crippen LogP contribution in [0, 0.1) is 0 Å². The highest BCUT2D eigenvalue weighted by atomic mass is 16.5. The zero-order chi connectivity index (χ0) is 24.9. The standard InChI is InChI=1S/C31H29NO4/c33-29(22-7-3-1-4-8-22)20-32-26-15-13-21-11-12-23(17-25(21)18-26)24-14-16-28(31(34)35)30(19-24)36-27-9-5-2-6-10-27/h1-12,14,16-17,19,26,29,32-33H,13,15,18,20H2,(H,34,35)/t26-,29-/m0/s1. The third-order valence-electron chi connectivity index (χ3n) is 6.74. The van der Waals surface area contributed by atoms with Gasteiger partial charge in [-0.3, -0.25) is 0 Å². The van der Waals surface area contributed by atoms with Crippen molar-refractivity contribution in [1.82, 2.24) is 5.32 Å². The molecule has 0 spiro atoms. The minimum atomic E-state index is -1.02. The maximum Gasteiger partial charge on any atom is 0.339 e. The van der Waals surface area contributed by atoms with Crippen LogP contribution in [-0.2, 0) is 12.8 Å². The maximum atomic E-state index is 11.8. The van der Waals surface area contributed by atoms with Crippen LogP contribution >= 0.6 is 0 Å². The summed E-state index contributed by atoms with van der Waals surface area (Å²) in [5, 5.41) is 23.7. The van der Waals surface area contributed by atoms with Crippen molar-refractivity contribution < 1.29 is 19.7 Å². The Morgan fingerprint density at radius 1 is 0.889 bits per heavy atom. The lowest BCUT2D eigenvalue weighted by Gasteiger charge is -2.27. The van der Waals surface area contributed by atoms with E-state index in [-0.39, 0.29) is 11.6 Å². The molecule has 0 aliphatic heterocycles. The van der Waals surface area contributed by atoms with Crippen LogP contribution in [0.1, 0.15) is 39.6 Å². The number of nitrogens with one attached hydrogen (secondary N) is 1. The van der Waals surface area contributed by atoms with Crippen LogP contribution < -0.4 is 10.1 Å². The number of hydrogen-bond acceptors (Lipinski definition) is 4. The Balaban J connectivity index is 1.33. The molecule has 0 aromatic heterocycles. The number of aliphatic hydroxyl groups excluding tert-OH is 1. The SMILES string of the molecule is O=C(O)c1ccc(-c2ccc3c(c2)C[C@@H](NC[C@H](O)c2ccccc2)CC3)cc1Oc1ccccc1. The third kappa shape index (κ3) is 5.48. The molecule has 0 fully saturated rings.